The van der Waals surface area contributed by atoms with Crippen LogP contribution in [-0.2, 0) is 16.4 Å². The van der Waals surface area contributed by atoms with Crippen LogP contribution in [0.1, 0.15) is 12.5 Å². The summed E-state index contributed by atoms with van der Waals surface area (Å²) in [6, 6.07) is 8.72. The van der Waals surface area contributed by atoms with Crippen molar-refractivity contribution in [1.29, 1.82) is 0 Å². The molecule has 0 fully saturated rings. The van der Waals surface area contributed by atoms with Crippen LogP contribution < -0.4 is 14.2 Å². The molecule has 0 bridgehead atoms. The third-order valence-electron chi connectivity index (χ3n) is 3.36. The van der Waals surface area contributed by atoms with Crippen molar-refractivity contribution < 1.29 is 22.3 Å². The van der Waals surface area contributed by atoms with Gasteiger partial charge in [-0.1, -0.05) is 19.1 Å². The number of anilines is 1. The van der Waals surface area contributed by atoms with E-state index in [1.807, 2.05) is 6.92 Å². The van der Waals surface area contributed by atoms with Gasteiger partial charge in [-0.15, -0.1) is 0 Å². The lowest BCUT2D eigenvalue weighted by Crippen LogP contribution is -2.14. The fourth-order valence-corrected chi connectivity index (χ4v) is 3.10. The van der Waals surface area contributed by atoms with E-state index in [4.69, 9.17) is 9.47 Å². The molecule has 2 aromatic rings. The van der Waals surface area contributed by atoms with Crippen molar-refractivity contribution in [2.24, 2.45) is 0 Å². The summed E-state index contributed by atoms with van der Waals surface area (Å²) in [5.74, 6) is -0.343. The summed E-state index contributed by atoms with van der Waals surface area (Å²) in [6.07, 6.45) is 0.804. The van der Waals surface area contributed by atoms with Gasteiger partial charge in [-0.25, -0.2) is 12.8 Å². The van der Waals surface area contributed by atoms with E-state index in [0.29, 0.717) is 0 Å². The first kappa shape index (κ1) is 17.1. The number of ether oxygens (including phenoxy) is 2. The highest BCUT2D eigenvalue weighted by molar-refractivity contribution is 7.92. The predicted molar refractivity (Wildman–Crippen MR) is 86.1 cm³/mol. The molecule has 0 atom stereocenters. The van der Waals surface area contributed by atoms with Gasteiger partial charge in [0.25, 0.3) is 10.0 Å². The zero-order valence-electron chi connectivity index (χ0n) is 13.1. The van der Waals surface area contributed by atoms with Crippen molar-refractivity contribution >= 4 is 15.7 Å². The second-order valence-electron chi connectivity index (χ2n) is 4.79. The van der Waals surface area contributed by atoms with Crippen LogP contribution in [0.25, 0.3) is 0 Å². The van der Waals surface area contributed by atoms with Crippen molar-refractivity contribution in [2.45, 2.75) is 18.2 Å². The molecule has 1 N–H and O–H groups in total. The van der Waals surface area contributed by atoms with Crippen LogP contribution in [0.4, 0.5) is 10.1 Å². The molecule has 0 aromatic heterocycles. The highest BCUT2D eigenvalue weighted by Gasteiger charge is 2.18. The standard InChI is InChI=1S/C16H18FNO4S/c1-4-11-5-7-12(8-6-11)23(19,20)18-14-10-16(22-3)15(21-2)9-13(14)17/h5-10,18H,4H2,1-3H3. The predicted octanol–water partition coefficient (Wildman–Crippen LogP) is 3.21. The summed E-state index contributed by atoms with van der Waals surface area (Å²) in [6.45, 7) is 1.97. The van der Waals surface area contributed by atoms with Crippen LogP contribution in [0.15, 0.2) is 41.3 Å². The highest BCUT2D eigenvalue weighted by atomic mass is 32.2. The Hall–Kier alpha value is -2.28. The SMILES string of the molecule is CCc1ccc(S(=O)(=O)Nc2cc(OC)c(OC)cc2F)cc1. The number of aryl methyl sites for hydroxylation is 1. The molecule has 0 saturated heterocycles. The van der Waals surface area contributed by atoms with E-state index >= 15 is 0 Å². The van der Waals surface area contributed by atoms with E-state index in [2.05, 4.69) is 4.72 Å². The average molecular weight is 339 g/mol. The number of halogens is 1. The second kappa shape index (κ2) is 6.87. The topological polar surface area (TPSA) is 64.6 Å². The van der Waals surface area contributed by atoms with Crippen molar-refractivity contribution in [2.75, 3.05) is 18.9 Å². The number of sulfonamides is 1. The molecule has 0 spiro atoms. The van der Waals surface area contributed by atoms with Crippen molar-refractivity contribution in [1.82, 2.24) is 0 Å². The molecule has 0 heterocycles. The van der Waals surface area contributed by atoms with E-state index in [-0.39, 0.29) is 22.1 Å². The molecule has 124 valence electrons. The minimum Gasteiger partial charge on any atom is -0.493 e. The Kier molecular flexibility index (Phi) is 5.10. The number of benzene rings is 2. The summed E-state index contributed by atoms with van der Waals surface area (Å²) < 4.78 is 51.0. The number of rotatable bonds is 6. The Bertz CT molecular complexity index is 788. The zero-order chi connectivity index (χ0) is 17.0. The first-order valence-electron chi connectivity index (χ1n) is 6.94. The van der Waals surface area contributed by atoms with Crippen LogP contribution in [0.3, 0.4) is 0 Å². The van der Waals surface area contributed by atoms with E-state index in [1.54, 1.807) is 12.1 Å². The number of nitrogens with one attached hydrogen (secondary N) is 1. The smallest absolute Gasteiger partial charge is 0.261 e. The third-order valence-corrected chi connectivity index (χ3v) is 4.74. The lowest BCUT2D eigenvalue weighted by atomic mass is 10.2. The minimum absolute atomic E-state index is 0.0592. The molecule has 0 amide bonds. The van der Waals surface area contributed by atoms with Gasteiger partial charge in [0.15, 0.2) is 17.3 Å². The normalized spacial score (nSPS) is 11.1. The minimum atomic E-state index is -3.89. The highest BCUT2D eigenvalue weighted by Crippen LogP contribution is 2.33. The largest absolute Gasteiger partial charge is 0.493 e. The Balaban J connectivity index is 2.36. The van der Waals surface area contributed by atoms with Crippen LogP contribution in [0, 0.1) is 5.82 Å². The molecular weight excluding hydrogens is 321 g/mol. The Morgan fingerprint density at radius 3 is 2.13 bits per heavy atom. The van der Waals surface area contributed by atoms with Gasteiger partial charge in [0, 0.05) is 12.1 Å². The molecule has 0 aliphatic rings. The summed E-state index contributed by atoms with van der Waals surface area (Å²) in [5, 5.41) is 0. The van der Waals surface area contributed by atoms with Gasteiger partial charge in [0.05, 0.1) is 24.8 Å². The quantitative estimate of drug-likeness (QED) is 0.878. The maximum Gasteiger partial charge on any atom is 0.261 e. The molecule has 0 radical (unpaired) electrons. The average Bonchev–Trinajstić information content (AvgIpc) is 2.56. The van der Waals surface area contributed by atoms with Gasteiger partial charge in [-0.05, 0) is 24.1 Å². The van der Waals surface area contributed by atoms with Crippen molar-refractivity contribution in [3.05, 3.63) is 47.8 Å². The summed E-state index contributed by atoms with van der Waals surface area (Å²) in [7, 11) is -1.13. The van der Waals surface area contributed by atoms with Gasteiger partial charge in [0.1, 0.15) is 0 Å². The second-order valence-corrected chi connectivity index (χ2v) is 6.47. The molecule has 5 nitrogen and oxygen atoms in total. The Labute approximate surface area is 135 Å². The van der Waals surface area contributed by atoms with Gasteiger partial charge in [0.2, 0.25) is 0 Å². The molecule has 2 aromatic carbocycles. The van der Waals surface area contributed by atoms with Crippen LogP contribution in [0.2, 0.25) is 0 Å². The maximum atomic E-state index is 14.1. The molecular formula is C16H18FNO4S. The fraction of sp³-hybridized carbons (Fsp3) is 0.250. The zero-order valence-corrected chi connectivity index (χ0v) is 13.9. The number of methoxy groups -OCH3 is 2. The fourth-order valence-electron chi connectivity index (χ4n) is 2.04. The molecule has 0 aliphatic carbocycles. The first-order valence-corrected chi connectivity index (χ1v) is 8.43. The van der Waals surface area contributed by atoms with Crippen molar-refractivity contribution in [3.63, 3.8) is 0 Å². The van der Waals surface area contributed by atoms with E-state index in [0.717, 1.165) is 18.1 Å². The lowest BCUT2D eigenvalue weighted by molar-refractivity contribution is 0.353. The molecule has 23 heavy (non-hydrogen) atoms. The van der Waals surface area contributed by atoms with Crippen molar-refractivity contribution in [3.8, 4) is 11.5 Å². The van der Waals surface area contributed by atoms with Gasteiger partial charge in [-0.3, -0.25) is 4.72 Å². The van der Waals surface area contributed by atoms with Crippen LogP contribution in [-0.4, -0.2) is 22.6 Å². The third kappa shape index (κ3) is 3.73. The molecule has 0 saturated carbocycles. The van der Waals surface area contributed by atoms with Gasteiger partial charge >= 0.3 is 0 Å². The number of hydrogen-bond acceptors (Lipinski definition) is 4. The van der Waals surface area contributed by atoms with Crippen LogP contribution >= 0.6 is 0 Å². The summed E-state index contributed by atoms with van der Waals surface area (Å²) >= 11 is 0. The van der Waals surface area contributed by atoms with E-state index < -0.39 is 15.8 Å². The van der Waals surface area contributed by atoms with E-state index in [9.17, 15) is 12.8 Å². The van der Waals surface area contributed by atoms with Crippen LogP contribution in [0.5, 0.6) is 11.5 Å². The molecule has 2 rings (SSSR count). The van der Waals surface area contributed by atoms with Gasteiger partial charge in [-0.2, -0.15) is 0 Å². The summed E-state index contributed by atoms with van der Waals surface area (Å²) in [4.78, 5) is 0.0592. The molecule has 0 unspecified atom stereocenters. The van der Waals surface area contributed by atoms with Gasteiger partial charge < -0.3 is 9.47 Å². The maximum absolute atomic E-state index is 14.1. The summed E-state index contributed by atoms with van der Waals surface area (Å²) in [5.41, 5.74) is 0.809. The monoisotopic (exact) mass is 339 g/mol. The van der Waals surface area contributed by atoms with E-state index in [1.165, 1.54) is 32.4 Å². The number of hydrogen-bond donors (Lipinski definition) is 1. The molecule has 7 heteroatoms. The lowest BCUT2D eigenvalue weighted by Gasteiger charge is -2.13. The molecule has 0 aliphatic heterocycles. The first-order chi connectivity index (χ1) is 10.9. The Morgan fingerprint density at radius 1 is 1.04 bits per heavy atom. The Morgan fingerprint density at radius 2 is 1.61 bits per heavy atom.